The van der Waals surface area contributed by atoms with Gasteiger partial charge in [0, 0.05) is 6.42 Å². The van der Waals surface area contributed by atoms with E-state index in [-0.39, 0.29) is 18.6 Å². The fraction of sp³-hybridized carbons (Fsp3) is 0.667. The van der Waals surface area contributed by atoms with E-state index in [0.717, 1.165) is 13.8 Å². The van der Waals surface area contributed by atoms with Crippen molar-refractivity contribution in [2.24, 2.45) is 0 Å². The van der Waals surface area contributed by atoms with Crippen molar-refractivity contribution in [3.05, 3.63) is 0 Å². The molecule has 5 nitrogen and oxygen atoms in total. The molecule has 0 N–H and O–H groups in total. The normalized spacial score (nSPS) is 11.1. The highest BCUT2D eigenvalue weighted by Crippen LogP contribution is 2.08. The van der Waals surface area contributed by atoms with Crippen LogP contribution in [0.4, 0.5) is 0 Å². The Labute approximate surface area is 89.0 Å². The van der Waals surface area contributed by atoms with Crippen LogP contribution in [0.1, 0.15) is 26.7 Å². The van der Waals surface area contributed by atoms with Crippen LogP contribution in [0.2, 0.25) is 0 Å². The third kappa shape index (κ3) is 4.21. The zero-order valence-electron chi connectivity index (χ0n) is 8.69. The second-order valence-corrected chi connectivity index (χ2v) is 5.44. The fourth-order valence-electron chi connectivity index (χ4n) is 1.26. The number of unbranched alkanes of at least 4 members (excludes halogenated alkanes) is 1. The largest absolute Gasteiger partial charge is 0.298 e. The average molecular weight is 231 g/mol. The van der Waals surface area contributed by atoms with Gasteiger partial charge in [-0.05, 0) is 20.3 Å². The quantitative estimate of drug-likeness (QED) is 0.482. The first-order valence-electron chi connectivity index (χ1n) is 4.42. The van der Waals surface area contributed by atoms with Crippen LogP contribution >= 0.6 is 0 Å². The summed E-state index contributed by atoms with van der Waals surface area (Å²) in [5.74, 6) is -1.64. The number of carbonyl (C=O) groups excluding carboxylic acids is 2. The van der Waals surface area contributed by atoms with Crippen molar-refractivity contribution < 1.29 is 18.0 Å². The van der Waals surface area contributed by atoms with Gasteiger partial charge in [0.1, 0.15) is 0 Å². The molecule has 0 heterocycles. The molecule has 0 fully saturated rings. The summed E-state index contributed by atoms with van der Waals surface area (Å²) in [6.45, 7) is 2.15. The molecule has 0 unspecified atom stereocenters. The van der Waals surface area contributed by atoms with Gasteiger partial charge in [-0.2, -0.15) is 5.26 Å². The third-order valence-corrected chi connectivity index (χ3v) is 4.05. The number of hydrogen-bond donors (Lipinski definition) is 0. The van der Waals surface area contributed by atoms with Crippen LogP contribution in [0.15, 0.2) is 0 Å². The molecular weight excluding hydrogens is 218 g/mol. The zero-order valence-corrected chi connectivity index (χ0v) is 9.50. The highest BCUT2D eigenvalue weighted by Gasteiger charge is 2.33. The first-order valence-corrected chi connectivity index (χ1v) is 6.14. The first-order chi connectivity index (χ1) is 6.83. The molecule has 0 bridgehead atoms. The standard InChI is InChI=1S/C9H13NO4S/c1-7(11)9(8(2)12)15(13,14)6-4-3-5-10/h9H,3-4,6H2,1-2H3. The Bertz CT molecular complexity index is 377. The van der Waals surface area contributed by atoms with E-state index in [1.807, 2.05) is 0 Å². The molecule has 0 aliphatic heterocycles. The van der Waals surface area contributed by atoms with Gasteiger partial charge in [-0.25, -0.2) is 8.42 Å². The molecule has 0 amide bonds. The van der Waals surface area contributed by atoms with Gasteiger partial charge in [0.25, 0.3) is 0 Å². The molecule has 0 aliphatic rings. The summed E-state index contributed by atoms with van der Waals surface area (Å²) >= 11 is 0. The molecule has 84 valence electrons. The van der Waals surface area contributed by atoms with Gasteiger partial charge in [0.05, 0.1) is 11.8 Å². The van der Waals surface area contributed by atoms with E-state index >= 15 is 0 Å². The predicted octanol–water partition coefficient (Wildman–Crippen LogP) is 0.252. The number of Topliss-reactive ketones (excluding diaryl/α,β-unsaturated/α-hetero) is 2. The van der Waals surface area contributed by atoms with Crippen LogP contribution in [0, 0.1) is 11.3 Å². The van der Waals surface area contributed by atoms with Gasteiger partial charge < -0.3 is 0 Å². The molecule has 0 spiro atoms. The minimum atomic E-state index is -3.74. The summed E-state index contributed by atoms with van der Waals surface area (Å²) in [6, 6.07) is 1.80. The number of carbonyl (C=O) groups is 2. The second-order valence-electron chi connectivity index (χ2n) is 3.23. The lowest BCUT2D eigenvalue weighted by atomic mass is 10.2. The number of hydrogen-bond acceptors (Lipinski definition) is 5. The Morgan fingerprint density at radius 1 is 1.27 bits per heavy atom. The van der Waals surface area contributed by atoms with Gasteiger partial charge in [-0.3, -0.25) is 9.59 Å². The molecule has 0 aromatic carbocycles. The highest BCUT2D eigenvalue weighted by molar-refractivity contribution is 7.93. The lowest BCUT2D eigenvalue weighted by molar-refractivity contribution is -0.124. The Kier molecular flexibility index (Phi) is 5.15. The number of ketones is 2. The molecule has 0 atom stereocenters. The Balaban J connectivity index is 4.76. The summed E-state index contributed by atoms with van der Waals surface area (Å²) < 4.78 is 23.1. The van der Waals surface area contributed by atoms with Crippen molar-refractivity contribution in [1.29, 1.82) is 5.26 Å². The molecule has 0 aromatic rings. The van der Waals surface area contributed by atoms with E-state index in [9.17, 15) is 18.0 Å². The molecule has 0 aliphatic carbocycles. The smallest absolute Gasteiger partial charge is 0.177 e. The van der Waals surface area contributed by atoms with Gasteiger partial charge in [-0.1, -0.05) is 0 Å². The predicted molar refractivity (Wildman–Crippen MR) is 53.8 cm³/mol. The van der Waals surface area contributed by atoms with Crippen molar-refractivity contribution in [1.82, 2.24) is 0 Å². The van der Waals surface area contributed by atoms with Crippen LogP contribution in [0.3, 0.4) is 0 Å². The molecule has 0 rings (SSSR count). The van der Waals surface area contributed by atoms with E-state index < -0.39 is 26.7 Å². The van der Waals surface area contributed by atoms with Crippen molar-refractivity contribution in [2.75, 3.05) is 5.75 Å². The van der Waals surface area contributed by atoms with Gasteiger partial charge in [0.2, 0.25) is 0 Å². The molecule has 0 saturated heterocycles. The third-order valence-electron chi connectivity index (χ3n) is 1.82. The minimum Gasteiger partial charge on any atom is -0.298 e. The summed E-state index contributed by atoms with van der Waals surface area (Å²) in [5.41, 5.74) is 0. The monoisotopic (exact) mass is 231 g/mol. The Morgan fingerprint density at radius 3 is 2.07 bits per heavy atom. The maximum Gasteiger partial charge on any atom is 0.177 e. The molecular formula is C9H13NO4S. The number of rotatable bonds is 6. The lowest BCUT2D eigenvalue weighted by Gasteiger charge is -2.10. The molecule has 0 saturated carbocycles. The molecule has 0 aromatic heterocycles. The first kappa shape index (κ1) is 13.8. The molecule has 15 heavy (non-hydrogen) atoms. The minimum absolute atomic E-state index is 0.0990. The van der Waals surface area contributed by atoms with E-state index in [2.05, 4.69) is 0 Å². The van der Waals surface area contributed by atoms with Crippen molar-refractivity contribution in [3.8, 4) is 6.07 Å². The van der Waals surface area contributed by atoms with Crippen molar-refractivity contribution >= 4 is 21.4 Å². The van der Waals surface area contributed by atoms with Crippen molar-refractivity contribution in [3.63, 3.8) is 0 Å². The second kappa shape index (κ2) is 5.61. The Hall–Kier alpha value is -1.22. The zero-order chi connectivity index (χ0) is 12.1. The Morgan fingerprint density at radius 2 is 1.73 bits per heavy atom. The molecule has 0 radical (unpaired) electrons. The number of nitriles is 1. The fourth-order valence-corrected chi connectivity index (χ4v) is 3.06. The van der Waals surface area contributed by atoms with E-state index in [0.29, 0.717) is 0 Å². The molecule has 6 heteroatoms. The average Bonchev–Trinajstić information content (AvgIpc) is 2.01. The van der Waals surface area contributed by atoms with E-state index in [4.69, 9.17) is 5.26 Å². The summed E-state index contributed by atoms with van der Waals surface area (Å²) in [7, 11) is -3.74. The van der Waals surface area contributed by atoms with E-state index in [1.54, 1.807) is 6.07 Å². The summed E-state index contributed by atoms with van der Waals surface area (Å²) in [5, 5.41) is 6.68. The lowest BCUT2D eigenvalue weighted by Crippen LogP contribution is -2.36. The summed E-state index contributed by atoms with van der Waals surface area (Å²) in [4.78, 5) is 22.0. The number of nitrogens with zero attached hydrogens (tertiary/aromatic N) is 1. The van der Waals surface area contributed by atoms with E-state index in [1.165, 1.54) is 0 Å². The van der Waals surface area contributed by atoms with Crippen LogP contribution < -0.4 is 0 Å². The van der Waals surface area contributed by atoms with Gasteiger partial charge >= 0.3 is 0 Å². The topological polar surface area (TPSA) is 92.1 Å². The maximum absolute atomic E-state index is 11.5. The highest BCUT2D eigenvalue weighted by atomic mass is 32.2. The van der Waals surface area contributed by atoms with Crippen LogP contribution in [-0.2, 0) is 19.4 Å². The van der Waals surface area contributed by atoms with Gasteiger partial charge in [0.15, 0.2) is 26.7 Å². The van der Waals surface area contributed by atoms with Crippen LogP contribution in [0.5, 0.6) is 0 Å². The number of sulfone groups is 1. The maximum atomic E-state index is 11.5. The van der Waals surface area contributed by atoms with Gasteiger partial charge in [-0.15, -0.1) is 0 Å². The van der Waals surface area contributed by atoms with Crippen molar-refractivity contribution in [2.45, 2.75) is 31.9 Å². The summed E-state index contributed by atoms with van der Waals surface area (Å²) in [6.07, 6.45) is 0.248. The van der Waals surface area contributed by atoms with Crippen LogP contribution in [-0.4, -0.2) is 31.0 Å². The van der Waals surface area contributed by atoms with Crippen LogP contribution in [0.25, 0.3) is 0 Å². The SMILES string of the molecule is CC(=O)C(C(C)=O)S(=O)(=O)CCCC#N.